The van der Waals surface area contributed by atoms with Crippen LogP contribution in [0.2, 0.25) is 0 Å². The monoisotopic (exact) mass is 387 g/mol. The normalized spacial score (nSPS) is 14.7. The van der Waals surface area contributed by atoms with Crippen LogP contribution in [0.1, 0.15) is 30.1 Å². The van der Waals surface area contributed by atoms with E-state index in [4.69, 9.17) is 0 Å². The van der Waals surface area contributed by atoms with Crippen molar-refractivity contribution in [2.45, 2.75) is 24.7 Å². The van der Waals surface area contributed by atoms with Crippen molar-refractivity contribution < 1.29 is 18.0 Å². The van der Waals surface area contributed by atoms with Gasteiger partial charge in [0.25, 0.3) is 5.91 Å². The van der Waals surface area contributed by atoms with Gasteiger partial charge in [-0.2, -0.15) is 4.31 Å². The maximum Gasteiger partial charge on any atom is 0.255 e. The molecule has 2 aromatic rings. The molecule has 1 aliphatic rings. The molecule has 0 saturated carbocycles. The quantitative estimate of drug-likeness (QED) is 0.824. The zero-order valence-corrected chi connectivity index (χ0v) is 15.8. The lowest BCUT2D eigenvalue weighted by atomic mass is 10.2. The fourth-order valence-electron chi connectivity index (χ4n) is 2.92. The number of carbonyl (C=O) groups excluding carboxylic acids is 2. The SMILES string of the molecule is CC(=O)Nc1ccc(NC(=O)c2cccc(S(=O)(=O)N3CCCC3)c2)cc1. The highest BCUT2D eigenvalue weighted by Crippen LogP contribution is 2.22. The van der Waals surface area contributed by atoms with Crippen LogP contribution in [0.15, 0.2) is 53.4 Å². The largest absolute Gasteiger partial charge is 0.326 e. The molecule has 2 aromatic carbocycles. The highest BCUT2D eigenvalue weighted by molar-refractivity contribution is 7.89. The molecule has 1 aliphatic heterocycles. The van der Waals surface area contributed by atoms with Gasteiger partial charge in [-0.1, -0.05) is 6.07 Å². The van der Waals surface area contributed by atoms with E-state index in [0.29, 0.717) is 24.5 Å². The molecule has 3 rings (SSSR count). The van der Waals surface area contributed by atoms with Gasteiger partial charge in [-0.25, -0.2) is 8.42 Å². The summed E-state index contributed by atoms with van der Waals surface area (Å²) in [4.78, 5) is 23.6. The van der Waals surface area contributed by atoms with Crippen LogP contribution >= 0.6 is 0 Å². The lowest BCUT2D eigenvalue weighted by molar-refractivity contribution is -0.114. The molecule has 1 heterocycles. The predicted molar refractivity (Wildman–Crippen MR) is 103 cm³/mol. The molecule has 27 heavy (non-hydrogen) atoms. The van der Waals surface area contributed by atoms with Crippen LogP contribution in [0.5, 0.6) is 0 Å². The van der Waals surface area contributed by atoms with Crippen LogP contribution in [0.4, 0.5) is 11.4 Å². The predicted octanol–water partition coefficient (Wildman–Crippen LogP) is 2.68. The number of amides is 2. The number of nitrogens with one attached hydrogen (secondary N) is 2. The van der Waals surface area contributed by atoms with E-state index >= 15 is 0 Å². The smallest absolute Gasteiger partial charge is 0.255 e. The molecule has 0 atom stereocenters. The number of hydrogen-bond acceptors (Lipinski definition) is 4. The number of rotatable bonds is 5. The lowest BCUT2D eigenvalue weighted by Gasteiger charge is -2.16. The van der Waals surface area contributed by atoms with Crippen molar-refractivity contribution >= 4 is 33.2 Å². The topological polar surface area (TPSA) is 95.6 Å². The van der Waals surface area contributed by atoms with E-state index in [1.165, 1.54) is 23.4 Å². The second-order valence-corrected chi connectivity index (χ2v) is 8.29. The van der Waals surface area contributed by atoms with Crippen molar-refractivity contribution in [3.63, 3.8) is 0 Å². The average molecular weight is 387 g/mol. The van der Waals surface area contributed by atoms with Gasteiger partial charge in [0.2, 0.25) is 15.9 Å². The molecule has 1 saturated heterocycles. The molecule has 2 amide bonds. The minimum absolute atomic E-state index is 0.123. The molecule has 0 unspecified atom stereocenters. The van der Waals surface area contributed by atoms with Gasteiger partial charge < -0.3 is 10.6 Å². The summed E-state index contributed by atoms with van der Waals surface area (Å²) in [7, 11) is -3.57. The second kappa shape index (κ2) is 7.89. The third kappa shape index (κ3) is 4.53. The van der Waals surface area contributed by atoms with Crippen LogP contribution in [-0.4, -0.2) is 37.6 Å². The summed E-state index contributed by atoms with van der Waals surface area (Å²) in [5.41, 5.74) is 1.43. The Hall–Kier alpha value is -2.71. The van der Waals surface area contributed by atoms with Crippen molar-refractivity contribution in [1.29, 1.82) is 0 Å². The zero-order chi connectivity index (χ0) is 19.4. The molecular weight excluding hydrogens is 366 g/mol. The maximum atomic E-state index is 12.7. The maximum absolute atomic E-state index is 12.7. The first-order valence-corrected chi connectivity index (χ1v) is 10.1. The van der Waals surface area contributed by atoms with E-state index in [1.807, 2.05) is 0 Å². The molecular formula is C19H21N3O4S. The minimum atomic E-state index is -3.57. The third-order valence-corrected chi connectivity index (χ3v) is 6.16. The highest BCUT2D eigenvalue weighted by Gasteiger charge is 2.27. The number of sulfonamides is 1. The summed E-state index contributed by atoms with van der Waals surface area (Å²) in [6.45, 7) is 2.44. The van der Waals surface area contributed by atoms with Gasteiger partial charge in [0.05, 0.1) is 4.90 Å². The third-order valence-electron chi connectivity index (χ3n) is 4.26. The summed E-state index contributed by atoms with van der Waals surface area (Å²) in [6.07, 6.45) is 1.71. The van der Waals surface area contributed by atoms with Gasteiger partial charge in [0.1, 0.15) is 0 Å². The molecule has 0 spiro atoms. The Bertz CT molecular complexity index is 949. The second-order valence-electron chi connectivity index (χ2n) is 6.35. The number of hydrogen-bond donors (Lipinski definition) is 2. The standard InChI is InChI=1S/C19H21N3O4S/c1-14(23)20-16-7-9-17(10-8-16)21-19(24)15-5-4-6-18(13-15)27(25,26)22-11-2-3-12-22/h4-10,13H,2-3,11-12H2,1H3,(H,20,23)(H,21,24). The van der Waals surface area contributed by atoms with Gasteiger partial charge in [-0.3, -0.25) is 9.59 Å². The Kier molecular flexibility index (Phi) is 5.57. The minimum Gasteiger partial charge on any atom is -0.326 e. The van der Waals surface area contributed by atoms with Crippen molar-refractivity contribution in [3.8, 4) is 0 Å². The zero-order valence-electron chi connectivity index (χ0n) is 14.9. The Morgan fingerprint density at radius 1 is 0.926 bits per heavy atom. The van der Waals surface area contributed by atoms with Crippen LogP contribution in [0, 0.1) is 0 Å². The highest BCUT2D eigenvalue weighted by atomic mass is 32.2. The first-order chi connectivity index (χ1) is 12.9. The van der Waals surface area contributed by atoms with Crippen LogP contribution < -0.4 is 10.6 Å². The van der Waals surface area contributed by atoms with Gasteiger partial charge in [-0.15, -0.1) is 0 Å². The van der Waals surface area contributed by atoms with E-state index in [2.05, 4.69) is 10.6 Å². The molecule has 0 radical (unpaired) electrons. The molecule has 0 aromatic heterocycles. The summed E-state index contributed by atoms with van der Waals surface area (Å²) >= 11 is 0. The van der Waals surface area contributed by atoms with E-state index < -0.39 is 15.9 Å². The van der Waals surface area contributed by atoms with Gasteiger partial charge in [-0.05, 0) is 55.3 Å². The van der Waals surface area contributed by atoms with Gasteiger partial charge in [0.15, 0.2) is 0 Å². The Morgan fingerprint density at radius 3 is 2.11 bits per heavy atom. The summed E-state index contributed by atoms with van der Waals surface area (Å²) in [5, 5.41) is 5.37. The summed E-state index contributed by atoms with van der Waals surface area (Å²) < 4.78 is 26.8. The van der Waals surface area contributed by atoms with Gasteiger partial charge >= 0.3 is 0 Å². The molecule has 0 bridgehead atoms. The molecule has 1 fully saturated rings. The van der Waals surface area contributed by atoms with E-state index in [0.717, 1.165) is 12.8 Å². The number of carbonyl (C=O) groups is 2. The number of benzene rings is 2. The lowest BCUT2D eigenvalue weighted by Crippen LogP contribution is -2.28. The van der Waals surface area contributed by atoms with E-state index in [9.17, 15) is 18.0 Å². The first kappa shape index (κ1) is 19.1. The Labute approximate surface area is 158 Å². The number of anilines is 2. The molecule has 0 aliphatic carbocycles. The van der Waals surface area contributed by atoms with Crippen LogP contribution in [0.25, 0.3) is 0 Å². The molecule has 142 valence electrons. The van der Waals surface area contributed by atoms with Crippen molar-refractivity contribution in [2.75, 3.05) is 23.7 Å². The molecule has 8 heteroatoms. The first-order valence-electron chi connectivity index (χ1n) is 8.65. The number of nitrogens with zero attached hydrogens (tertiary/aromatic N) is 1. The van der Waals surface area contributed by atoms with E-state index in [1.54, 1.807) is 36.4 Å². The summed E-state index contributed by atoms with van der Waals surface area (Å²) in [6, 6.07) is 12.7. The Balaban J connectivity index is 1.74. The van der Waals surface area contributed by atoms with Crippen molar-refractivity contribution in [1.82, 2.24) is 4.31 Å². The van der Waals surface area contributed by atoms with Crippen LogP contribution in [-0.2, 0) is 14.8 Å². The van der Waals surface area contributed by atoms with E-state index in [-0.39, 0.29) is 16.4 Å². The van der Waals surface area contributed by atoms with Gasteiger partial charge in [0, 0.05) is 37.0 Å². The Morgan fingerprint density at radius 2 is 1.52 bits per heavy atom. The van der Waals surface area contributed by atoms with Crippen molar-refractivity contribution in [3.05, 3.63) is 54.1 Å². The molecule has 7 nitrogen and oxygen atoms in total. The van der Waals surface area contributed by atoms with Crippen LogP contribution in [0.3, 0.4) is 0 Å². The fourth-order valence-corrected chi connectivity index (χ4v) is 4.48. The summed E-state index contributed by atoms with van der Waals surface area (Å²) in [5.74, 6) is -0.580. The van der Waals surface area contributed by atoms with Crippen molar-refractivity contribution in [2.24, 2.45) is 0 Å². The average Bonchev–Trinajstić information content (AvgIpc) is 3.18. The molecule has 2 N–H and O–H groups in total. The fraction of sp³-hybridized carbons (Fsp3) is 0.263.